The van der Waals surface area contributed by atoms with Gasteiger partial charge < -0.3 is 51.0 Å². The van der Waals surface area contributed by atoms with Crippen molar-refractivity contribution in [2.24, 2.45) is 29.4 Å². The zero-order valence-corrected chi connectivity index (χ0v) is 40.3. The third kappa shape index (κ3) is 16.4. The van der Waals surface area contributed by atoms with Crippen molar-refractivity contribution in [2.45, 2.75) is 136 Å². The van der Waals surface area contributed by atoms with Gasteiger partial charge in [0.05, 0.1) is 55.3 Å². The number of ether oxygens (including phenoxy) is 3. The number of likely N-dealkylation sites (N-methyl/N-ethyl adjacent to an activating group) is 2. The number of hydrogen-bond acceptors (Lipinski definition) is 11. The maximum Gasteiger partial charge on any atom is 0.245 e. The van der Waals surface area contributed by atoms with Crippen LogP contribution in [0.15, 0.2) is 30.3 Å². The van der Waals surface area contributed by atoms with Crippen LogP contribution in [0.3, 0.4) is 0 Å². The molecule has 1 aliphatic rings. The monoisotopic (exact) mass is 889 g/mol. The molecule has 1 fully saturated rings. The highest BCUT2D eigenvalue weighted by Gasteiger charge is 2.43. The molecule has 1 aromatic carbocycles. The van der Waals surface area contributed by atoms with Crippen molar-refractivity contribution in [1.29, 1.82) is 0 Å². The maximum absolute atomic E-state index is 14.4. The predicted octanol–water partition coefficient (Wildman–Crippen LogP) is 1.91. The predicted molar refractivity (Wildman–Crippen MR) is 243 cm³/mol. The molecule has 0 radical (unpaired) electrons. The Hall–Kier alpha value is -4.16. The molecule has 6 N–H and O–H groups in total. The molecule has 63 heavy (non-hydrogen) atoms. The van der Waals surface area contributed by atoms with E-state index < -0.39 is 66.3 Å². The van der Waals surface area contributed by atoms with Crippen molar-refractivity contribution in [1.82, 2.24) is 36.0 Å². The Bertz CT molecular complexity index is 1590. The SMILES string of the molecule is CC[C@H](C)[C@@H]([C@@H](CC(=O)N1CCC[C@H]1[C@H](OC)[C@@H](C)C(=O)N[C@@H](Cc1ccccc1)C(=O)NC[C@H](C)OCNC(=O)CN)OC)N(C)C(=O)[C@@H](NC(=O)[C@H](C(C)C)N(C)C)C(C)C. The normalized spacial score (nSPS) is 18.4. The van der Waals surface area contributed by atoms with Gasteiger partial charge >= 0.3 is 0 Å². The second kappa shape index (κ2) is 27.2. The molecule has 6 amide bonds. The maximum atomic E-state index is 14.4. The van der Waals surface area contributed by atoms with Gasteiger partial charge in [-0.1, -0.05) is 85.2 Å². The number of rotatable bonds is 27. The minimum atomic E-state index is -0.932. The van der Waals surface area contributed by atoms with Crippen LogP contribution < -0.4 is 27.0 Å². The largest absolute Gasteiger partial charge is 0.379 e. The molecule has 0 aromatic heterocycles. The van der Waals surface area contributed by atoms with Crippen molar-refractivity contribution in [2.75, 3.05) is 61.7 Å². The van der Waals surface area contributed by atoms with E-state index in [-0.39, 0.29) is 74.0 Å². The van der Waals surface area contributed by atoms with Crippen LogP contribution in [0.1, 0.15) is 86.6 Å². The molecule has 10 atom stereocenters. The minimum absolute atomic E-state index is 0.0216. The fraction of sp³-hybridized carbons (Fsp3) is 0.739. The van der Waals surface area contributed by atoms with Crippen LogP contribution in [-0.2, 0) is 49.4 Å². The summed E-state index contributed by atoms with van der Waals surface area (Å²) in [6, 6.07) is 6.27. The Morgan fingerprint density at radius 3 is 2.05 bits per heavy atom. The number of likely N-dealkylation sites (tertiary alicyclic amines) is 1. The molecular weight excluding hydrogens is 809 g/mol. The van der Waals surface area contributed by atoms with E-state index in [1.54, 1.807) is 37.8 Å². The summed E-state index contributed by atoms with van der Waals surface area (Å²) >= 11 is 0. The average Bonchev–Trinajstić information content (AvgIpc) is 3.73. The lowest BCUT2D eigenvalue weighted by Gasteiger charge is -2.41. The van der Waals surface area contributed by atoms with E-state index >= 15 is 0 Å². The summed E-state index contributed by atoms with van der Waals surface area (Å²) in [6.45, 7) is 15.6. The van der Waals surface area contributed by atoms with Gasteiger partial charge in [0.25, 0.3) is 0 Å². The van der Waals surface area contributed by atoms with Crippen molar-refractivity contribution in [3.63, 3.8) is 0 Å². The first-order valence-corrected chi connectivity index (χ1v) is 22.5. The number of carbonyl (C=O) groups excluding carboxylic acids is 6. The minimum Gasteiger partial charge on any atom is -0.379 e. The number of nitrogens with two attached hydrogens (primary N) is 1. The molecule has 1 heterocycles. The number of nitrogens with zero attached hydrogens (tertiary/aromatic N) is 3. The van der Waals surface area contributed by atoms with E-state index in [0.717, 1.165) is 5.56 Å². The highest BCUT2D eigenvalue weighted by molar-refractivity contribution is 5.91. The first-order chi connectivity index (χ1) is 29.7. The van der Waals surface area contributed by atoms with Crippen LogP contribution in [-0.4, -0.2) is 160 Å². The van der Waals surface area contributed by atoms with Gasteiger partial charge in [0.1, 0.15) is 18.8 Å². The molecule has 17 heteroatoms. The zero-order valence-electron chi connectivity index (χ0n) is 40.3. The zero-order chi connectivity index (χ0) is 47.6. The smallest absolute Gasteiger partial charge is 0.245 e. The molecule has 0 spiro atoms. The second-order valence-corrected chi connectivity index (χ2v) is 17.9. The van der Waals surface area contributed by atoms with Gasteiger partial charge in [0.15, 0.2) is 0 Å². The molecule has 1 aliphatic heterocycles. The Morgan fingerprint density at radius 2 is 1.51 bits per heavy atom. The van der Waals surface area contributed by atoms with Gasteiger partial charge in [-0.15, -0.1) is 0 Å². The van der Waals surface area contributed by atoms with Crippen molar-refractivity contribution >= 4 is 35.4 Å². The Labute approximate surface area is 376 Å². The van der Waals surface area contributed by atoms with Gasteiger partial charge in [-0.3, -0.25) is 33.7 Å². The number of carbonyl (C=O) groups is 6. The molecule has 1 saturated heterocycles. The van der Waals surface area contributed by atoms with Gasteiger partial charge in [-0.05, 0) is 57.2 Å². The summed E-state index contributed by atoms with van der Waals surface area (Å²) < 4.78 is 17.6. The molecule has 2 rings (SSSR count). The molecule has 17 nitrogen and oxygen atoms in total. The standard InChI is InChI=1S/C46H80N8O9/c1-14-30(6)41(53(11)46(60)39(28(2)3)51-45(59)40(29(4)5)52(9)10)36(61-12)24-38(56)54-22-18-21-35(54)42(62-13)32(8)43(57)50-34(23-33-19-16-15-17-20-33)44(58)48-26-31(7)63-27-49-37(55)25-47/h15-17,19-20,28-32,34-36,39-42H,14,18,21-27,47H2,1-13H3,(H,48,58)(H,49,55)(H,50,57)(H,51,59)/t30-,31-,32+,34-,35-,36+,39-,40-,41-,42+/m0/s1. The number of methoxy groups -OCH3 is 2. The molecule has 0 saturated carbocycles. The number of benzene rings is 1. The van der Waals surface area contributed by atoms with Crippen molar-refractivity contribution in [3.8, 4) is 0 Å². The fourth-order valence-electron chi connectivity index (χ4n) is 8.54. The molecule has 0 bridgehead atoms. The average molecular weight is 889 g/mol. The third-order valence-electron chi connectivity index (χ3n) is 12.2. The Balaban J connectivity index is 2.28. The van der Waals surface area contributed by atoms with E-state index in [0.29, 0.717) is 25.8 Å². The number of hydrogen-bond donors (Lipinski definition) is 5. The van der Waals surface area contributed by atoms with Crippen LogP contribution in [0.25, 0.3) is 0 Å². The van der Waals surface area contributed by atoms with Gasteiger partial charge in [-0.2, -0.15) is 0 Å². The first kappa shape index (κ1) is 55.0. The molecule has 0 aliphatic carbocycles. The number of amides is 6. The lowest BCUT2D eigenvalue weighted by Crippen LogP contribution is -2.59. The van der Waals surface area contributed by atoms with Crippen LogP contribution in [0.2, 0.25) is 0 Å². The molecule has 0 unspecified atom stereocenters. The van der Waals surface area contributed by atoms with Crippen molar-refractivity contribution in [3.05, 3.63) is 35.9 Å². The van der Waals surface area contributed by atoms with Crippen LogP contribution in [0.5, 0.6) is 0 Å². The van der Waals surface area contributed by atoms with Crippen LogP contribution in [0, 0.1) is 23.7 Å². The Kier molecular flexibility index (Phi) is 23.8. The summed E-state index contributed by atoms with van der Waals surface area (Å²) in [4.78, 5) is 86.6. The first-order valence-electron chi connectivity index (χ1n) is 22.5. The Morgan fingerprint density at radius 1 is 0.857 bits per heavy atom. The highest BCUT2D eigenvalue weighted by Crippen LogP contribution is 2.30. The van der Waals surface area contributed by atoms with E-state index in [1.807, 2.05) is 90.9 Å². The van der Waals surface area contributed by atoms with E-state index in [9.17, 15) is 28.8 Å². The van der Waals surface area contributed by atoms with Gasteiger partial charge in [0, 0.05) is 40.8 Å². The number of nitrogens with one attached hydrogen (secondary N) is 4. The lowest BCUT2D eigenvalue weighted by atomic mass is 9.89. The van der Waals surface area contributed by atoms with Crippen LogP contribution >= 0.6 is 0 Å². The summed E-state index contributed by atoms with van der Waals surface area (Å²) in [6.07, 6.45) is 0.397. The third-order valence-corrected chi connectivity index (χ3v) is 12.2. The second-order valence-electron chi connectivity index (χ2n) is 17.9. The highest BCUT2D eigenvalue weighted by atomic mass is 16.5. The van der Waals surface area contributed by atoms with E-state index in [4.69, 9.17) is 19.9 Å². The quantitative estimate of drug-likeness (QED) is 0.0806. The summed E-state index contributed by atoms with van der Waals surface area (Å²) in [7, 11) is 8.47. The summed E-state index contributed by atoms with van der Waals surface area (Å²) in [5.74, 6) is -2.84. The van der Waals surface area contributed by atoms with E-state index in [1.165, 1.54) is 7.11 Å². The van der Waals surface area contributed by atoms with Gasteiger partial charge in [-0.25, -0.2) is 0 Å². The fourth-order valence-corrected chi connectivity index (χ4v) is 8.54. The van der Waals surface area contributed by atoms with E-state index in [2.05, 4.69) is 21.3 Å². The summed E-state index contributed by atoms with van der Waals surface area (Å²) in [5.41, 5.74) is 6.17. The van der Waals surface area contributed by atoms with Gasteiger partial charge in [0.2, 0.25) is 35.4 Å². The topological polar surface area (TPSA) is 214 Å². The molecule has 358 valence electrons. The molecule has 1 aromatic rings. The van der Waals surface area contributed by atoms with Crippen molar-refractivity contribution < 1.29 is 43.0 Å². The lowest BCUT2D eigenvalue weighted by molar-refractivity contribution is -0.148. The summed E-state index contributed by atoms with van der Waals surface area (Å²) in [5, 5.41) is 11.4. The van der Waals surface area contributed by atoms with Crippen LogP contribution in [0.4, 0.5) is 0 Å². The molecular formula is C46H80N8O9.